The van der Waals surface area contributed by atoms with E-state index in [9.17, 15) is 9.59 Å². The van der Waals surface area contributed by atoms with Crippen molar-refractivity contribution >= 4 is 23.6 Å². The molecule has 5 heteroatoms. The summed E-state index contributed by atoms with van der Waals surface area (Å²) in [5, 5.41) is 2.87. The molecule has 5 nitrogen and oxygen atoms in total. The molecule has 0 fully saturated rings. The van der Waals surface area contributed by atoms with Crippen LogP contribution < -0.4 is 10.2 Å². The Morgan fingerprint density at radius 2 is 2.04 bits per heavy atom. The van der Waals surface area contributed by atoms with Gasteiger partial charge < -0.3 is 10.2 Å². The first-order valence-electron chi connectivity index (χ1n) is 9.91. The monoisotopic (exact) mass is 377 g/mol. The number of nitrogens with zero attached hydrogens (tertiary/aromatic N) is 2. The lowest BCUT2D eigenvalue weighted by Gasteiger charge is -2.22. The van der Waals surface area contributed by atoms with E-state index in [-0.39, 0.29) is 17.9 Å². The Balaban J connectivity index is 1.32. The molecule has 2 amide bonds. The summed E-state index contributed by atoms with van der Waals surface area (Å²) in [6.07, 6.45) is 10.8. The maximum absolute atomic E-state index is 12.6. The van der Waals surface area contributed by atoms with Crippen molar-refractivity contribution in [3.63, 3.8) is 0 Å². The highest BCUT2D eigenvalue weighted by Crippen LogP contribution is 2.32. The van der Waals surface area contributed by atoms with E-state index in [2.05, 4.69) is 23.3 Å². The maximum atomic E-state index is 12.6. The molecule has 2 heterocycles. The number of pyridine rings is 1. The van der Waals surface area contributed by atoms with Gasteiger partial charge in [-0.25, -0.2) is 0 Å². The van der Waals surface area contributed by atoms with Crippen molar-refractivity contribution in [2.24, 2.45) is 0 Å². The zero-order valence-corrected chi connectivity index (χ0v) is 16.3. The molecule has 0 saturated carbocycles. The van der Waals surface area contributed by atoms with Crippen molar-refractivity contribution in [1.29, 1.82) is 0 Å². The third-order valence-electron chi connectivity index (χ3n) is 4.95. The van der Waals surface area contributed by atoms with E-state index in [1.165, 1.54) is 11.6 Å². The van der Waals surface area contributed by atoms with Gasteiger partial charge in [0.2, 0.25) is 11.8 Å². The van der Waals surface area contributed by atoms with Gasteiger partial charge in [-0.1, -0.05) is 30.7 Å². The molecule has 1 aliphatic rings. The first kappa shape index (κ1) is 19.8. The number of hydrogen-bond donors (Lipinski definition) is 1. The Kier molecular flexibility index (Phi) is 6.95. The van der Waals surface area contributed by atoms with Crippen LogP contribution in [0.5, 0.6) is 0 Å². The standard InChI is InChI=1S/C23H27N3O2/c1-18-16-20-9-4-5-10-21(20)26(18)23(28)11-3-2-6-15-25-22(27)13-12-19-8-7-14-24-17-19/h4-5,7-10,12-14,17-18H,2-3,6,11,15-16H2,1H3,(H,25,27)/b13-12+. The minimum atomic E-state index is -0.109. The van der Waals surface area contributed by atoms with Crippen molar-refractivity contribution in [2.45, 2.75) is 45.1 Å². The van der Waals surface area contributed by atoms with Gasteiger partial charge in [-0.15, -0.1) is 0 Å². The van der Waals surface area contributed by atoms with Crippen LogP contribution in [0.2, 0.25) is 0 Å². The maximum Gasteiger partial charge on any atom is 0.243 e. The van der Waals surface area contributed by atoms with Crippen LogP contribution in [0.15, 0.2) is 54.9 Å². The summed E-state index contributed by atoms with van der Waals surface area (Å²) in [5.74, 6) is 0.0864. The van der Waals surface area contributed by atoms with Crippen molar-refractivity contribution < 1.29 is 9.59 Å². The molecule has 1 aromatic heterocycles. The molecule has 0 spiro atoms. The molecule has 1 aromatic carbocycles. The van der Waals surface area contributed by atoms with Gasteiger partial charge in [-0.3, -0.25) is 14.6 Å². The molecule has 0 radical (unpaired) electrons. The molecule has 3 rings (SSSR count). The highest BCUT2D eigenvalue weighted by Gasteiger charge is 2.29. The van der Waals surface area contributed by atoms with Crippen LogP contribution in [0.25, 0.3) is 6.08 Å². The molecular formula is C23H27N3O2. The number of fused-ring (bicyclic) bond motifs is 1. The number of carbonyl (C=O) groups excluding carboxylic acids is 2. The first-order valence-corrected chi connectivity index (χ1v) is 9.91. The van der Waals surface area contributed by atoms with E-state index in [1.54, 1.807) is 18.5 Å². The molecule has 2 aromatic rings. The van der Waals surface area contributed by atoms with Gasteiger partial charge in [0.1, 0.15) is 0 Å². The molecular weight excluding hydrogens is 350 g/mol. The molecule has 1 N–H and O–H groups in total. The Morgan fingerprint density at radius 1 is 1.18 bits per heavy atom. The fraction of sp³-hybridized carbons (Fsp3) is 0.348. The van der Waals surface area contributed by atoms with Gasteiger partial charge in [-0.2, -0.15) is 0 Å². The smallest absolute Gasteiger partial charge is 0.243 e. The minimum absolute atomic E-state index is 0.109. The zero-order chi connectivity index (χ0) is 19.8. The second-order valence-corrected chi connectivity index (χ2v) is 7.17. The molecule has 146 valence electrons. The number of aromatic nitrogens is 1. The lowest BCUT2D eigenvalue weighted by Crippen LogP contribution is -2.35. The summed E-state index contributed by atoms with van der Waals surface area (Å²) >= 11 is 0. The van der Waals surface area contributed by atoms with Gasteiger partial charge in [0.15, 0.2) is 0 Å². The summed E-state index contributed by atoms with van der Waals surface area (Å²) in [6.45, 7) is 2.72. The normalized spacial score (nSPS) is 15.6. The second kappa shape index (κ2) is 9.83. The first-order chi connectivity index (χ1) is 13.6. The number of amides is 2. The molecule has 1 atom stereocenters. The van der Waals surface area contributed by atoms with Crippen LogP contribution in [0.3, 0.4) is 0 Å². The Labute approximate surface area is 166 Å². The Morgan fingerprint density at radius 3 is 2.86 bits per heavy atom. The highest BCUT2D eigenvalue weighted by molar-refractivity contribution is 5.96. The van der Waals surface area contributed by atoms with Crippen LogP contribution in [0.1, 0.15) is 43.7 Å². The molecule has 0 aliphatic carbocycles. The van der Waals surface area contributed by atoms with Crippen LogP contribution >= 0.6 is 0 Å². The van der Waals surface area contributed by atoms with Gasteiger partial charge >= 0.3 is 0 Å². The summed E-state index contributed by atoms with van der Waals surface area (Å²) in [5.41, 5.74) is 3.21. The number of hydrogen-bond acceptors (Lipinski definition) is 3. The lowest BCUT2D eigenvalue weighted by molar-refractivity contribution is -0.119. The topological polar surface area (TPSA) is 62.3 Å². The number of rotatable bonds is 8. The number of anilines is 1. The molecule has 28 heavy (non-hydrogen) atoms. The summed E-state index contributed by atoms with van der Waals surface area (Å²) < 4.78 is 0. The molecule has 1 unspecified atom stereocenters. The van der Waals surface area contributed by atoms with E-state index < -0.39 is 0 Å². The molecule has 0 bridgehead atoms. The average Bonchev–Trinajstić information content (AvgIpc) is 3.05. The third-order valence-corrected chi connectivity index (χ3v) is 4.95. The lowest BCUT2D eigenvalue weighted by atomic mass is 10.1. The average molecular weight is 377 g/mol. The number of carbonyl (C=O) groups is 2. The number of para-hydroxylation sites is 1. The SMILES string of the molecule is CC1Cc2ccccc2N1C(=O)CCCCCNC(=O)/C=C/c1cccnc1. The van der Waals surface area contributed by atoms with Crippen molar-refractivity contribution in [1.82, 2.24) is 10.3 Å². The Hall–Kier alpha value is -2.95. The summed E-state index contributed by atoms with van der Waals surface area (Å²) in [6, 6.07) is 12.1. The fourth-order valence-corrected chi connectivity index (χ4v) is 3.56. The van der Waals surface area contributed by atoms with Crippen molar-refractivity contribution in [3.05, 3.63) is 66.0 Å². The number of benzene rings is 1. The highest BCUT2D eigenvalue weighted by atomic mass is 16.2. The quantitative estimate of drug-likeness (QED) is 0.563. The van der Waals surface area contributed by atoms with E-state index in [1.807, 2.05) is 35.2 Å². The molecule has 0 saturated heterocycles. The van der Waals surface area contributed by atoms with Gasteiger partial charge in [0.25, 0.3) is 0 Å². The van der Waals surface area contributed by atoms with Crippen LogP contribution in [-0.4, -0.2) is 29.4 Å². The fourth-order valence-electron chi connectivity index (χ4n) is 3.56. The largest absolute Gasteiger partial charge is 0.353 e. The predicted octanol–water partition coefficient (Wildman–Crippen LogP) is 3.75. The Bertz CT molecular complexity index is 833. The van der Waals surface area contributed by atoms with Gasteiger partial charge in [0.05, 0.1) is 0 Å². The van der Waals surface area contributed by atoms with Crippen LogP contribution in [0.4, 0.5) is 5.69 Å². The van der Waals surface area contributed by atoms with Gasteiger partial charge in [0, 0.05) is 43.2 Å². The van der Waals surface area contributed by atoms with Crippen molar-refractivity contribution in [2.75, 3.05) is 11.4 Å². The number of nitrogens with one attached hydrogen (secondary N) is 1. The minimum Gasteiger partial charge on any atom is -0.353 e. The summed E-state index contributed by atoms with van der Waals surface area (Å²) in [4.78, 5) is 30.4. The summed E-state index contributed by atoms with van der Waals surface area (Å²) in [7, 11) is 0. The molecule has 1 aliphatic heterocycles. The van der Waals surface area contributed by atoms with Crippen LogP contribution in [-0.2, 0) is 16.0 Å². The zero-order valence-electron chi connectivity index (χ0n) is 16.3. The van der Waals surface area contributed by atoms with E-state index in [0.717, 1.165) is 36.9 Å². The van der Waals surface area contributed by atoms with E-state index >= 15 is 0 Å². The van der Waals surface area contributed by atoms with Crippen molar-refractivity contribution in [3.8, 4) is 0 Å². The van der Waals surface area contributed by atoms with Crippen LogP contribution in [0, 0.1) is 0 Å². The third kappa shape index (κ3) is 5.28. The van der Waals surface area contributed by atoms with Gasteiger partial charge in [-0.05, 0) is 55.5 Å². The van der Waals surface area contributed by atoms with E-state index in [4.69, 9.17) is 0 Å². The number of unbranched alkanes of at least 4 members (excludes halogenated alkanes) is 2. The predicted molar refractivity (Wildman–Crippen MR) is 112 cm³/mol. The second-order valence-electron chi connectivity index (χ2n) is 7.17. The van der Waals surface area contributed by atoms with E-state index in [0.29, 0.717) is 13.0 Å².